The number of nitrogens with zero attached hydrogens (tertiary/aromatic N) is 1. The van der Waals surface area contributed by atoms with E-state index in [1.54, 1.807) is 0 Å². The van der Waals surface area contributed by atoms with Gasteiger partial charge in [0.15, 0.2) is 5.16 Å². The van der Waals surface area contributed by atoms with E-state index in [2.05, 4.69) is 15.9 Å². The van der Waals surface area contributed by atoms with E-state index in [0.29, 0.717) is 12.4 Å². The number of rotatable bonds is 4. The van der Waals surface area contributed by atoms with Crippen LogP contribution in [0.3, 0.4) is 0 Å². The summed E-state index contributed by atoms with van der Waals surface area (Å²) in [7, 11) is 0. The Balaban J connectivity index is 0.00000144. The predicted molar refractivity (Wildman–Crippen MR) is 74.1 cm³/mol. The summed E-state index contributed by atoms with van der Waals surface area (Å²) in [4.78, 5) is 7.61. The Morgan fingerprint density at radius 3 is 3.06 bits per heavy atom. The molecule has 0 saturated heterocycles. The first-order valence-electron chi connectivity index (χ1n) is 5.02. The van der Waals surface area contributed by atoms with Crippen molar-refractivity contribution in [3.63, 3.8) is 0 Å². The Labute approximate surface area is 111 Å². The molecule has 0 aliphatic rings. The van der Waals surface area contributed by atoms with Crippen LogP contribution in [0.15, 0.2) is 23.4 Å². The van der Waals surface area contributed by atoms with Crippen LogP contribution in [-0.4, -0.2) is 22.3 Å². The highest BCUT2D eigenvalue weighted by Gasteiger charge is 2.03. The van der Waals surface area contributed by atoms with E-state index in [4.69, 9.17) is 11.2 Å². The summed E-state index contributed by atoms with van der Waals surface area (Å²) in [6.45, 7) is 2.63. The number of terminal acetylenes is 1. The summed E-state index contributed by atoms with van der Waals surface area (Å²) < 4.78 is 5.42. The van der Waals surface area contributed by atoms with Crippen molar-refractivity contribution in [2.45, 2.75) is 12.1 Å². The molecule has 0 fully saturated rings. The zero-order valence-corrected chi connectivity index (χ0v) is 11.0. The van der Waals surface area contributed by atoms with Crippen LogP contribution in [0.2, 0.25) is 0 Å². The fourth-order valence-electron chi connectivity index (χ4n) is 1.40. The highest BCUT2D eigenvalue weighted by atomic mass is 35.5. The molecule has 2 aromatic rings. The molecule has 1 N–H and O–H groups in total. The number of aromatic amines is 1. The Bertz CT molecular complexity index is 533. The number of aromatic nitrogens is 2. The van der Waals surface area contributed by atoms with Crippen molar-refractivity contribution < 1.29 is 4.74 Å². The van der Waals surface area contributed by atoms with Crippen LogP contribution < -0.4 is 4.74 Å². The van der Waals surface area contributed by atoms with Gasteiger partial charge in [-0.3, -0.25) is 0 Å². The predicted octanol–water partition coefficient (Wildman–Crippen LogP) is 3.11. The minimum atomic E-state index is 0. The van der Waals surface area contributed by atoms with Gasteiger partial charge in [0.05, 0.1) is 23.4 Å². The summed E-state index contributed by atoms with van der Waals surface area (Å²) >= 11 is 1.52. The first kappa shape index (κ1) is 13.8. The summed E-state index contributed by atoms with van der Waals surface area (Å²) in [6, 6.07) is 5.81. The standard InChI is InChI=1S/C12H12N2OS.ClH/c1-3-7-16-12-13-10-6-5-9(15-4-2)8-11(10)14-12;/h1,5-6,8H,4,7H2,2H3,(H,13,14);1H. The van der Waals surface area contributed by atoms with Gasteiger partial charge in [0.25, 0.3) is 0 Å². The molecule has 3 nitrogen and oxygen atoms in total. The number of fused-ring (bicyclic) bond motifs is 1. The number of H-pyrrole nitrogens is 1. The number of hydrogen-bond acceptors (Lipinski definition) is 3. The number of thioether (sulfide) groups is 1. The van der Waals surface area contributed by atoms with Crippen molar-refractivity contribution in [3.8, 4) is 18.1 Å². The van der Waals surface area contributed by atoms with Crippen molar-refractivity contribution in [1.82, 2.24) is 9.97 Å². The summed E-state index contributed by atoms with van der Waals surface area (Å²) in [5.41, 5.74) is 1.91. The van der Waals surface area contributed by atoms with Crippen LogP contribution >= 0.6 is 24.2 Å². The molecule has 0 radical (unpaired) electrons. The molecule has 0 bridgehead atoms. The van der Waals surface area contributed by atoms with Crippen LogP contribution in [0.1, 0.15) is 6.92 Å². The fraction of sp³-hybridized carbons (Fsp3) is 0.250. The third-order valence-electron chi connectivity index (χ3n) is 2.03. The number of nitrogens with one attached hydrogen (secondary N) is 1. The SMILES string of the molecule is C#CCSc1nc2ccc(OCC)cc2[nH]1.Cl. The van der Waals surface area contributed by atoms with E-state index in [9.17, 15) is 0 Å². The second-order valence-electron chi connectivity index (χ2n) is 3.15. The van der Waals surface area contributed by atoms with Gasteiger partial charge in [0.1, 0.15) is 5.75 Å². The summed E-state index contributed by atoms with van der Waals surface area (Å²) in [6.07, 6.45) is 5.20. The van der Waals surface area contributed by atoms with Crippen molar-refractivity contribution in [1.29, 1.82) is 0 Å². The molecular weight excluding hydrogens is 256 g/mol. The number of imidazole rings is 1. The first-order valence-corrected chi connectivity index (χ1v) is 6.01. The molecular formula is C12H13ClN2OS. The molecule has 5 heteroatoms. The third kappa shape index (κ3) is 3.32. The second-order valence-corrected chi connectivity index (χ2v) is 4.11. The highest BCUT2D eigenvalue weighted by molar-refractivity contribution is 7.99. The molecule has 1 heterocycles. The highest BCUT2D eigenvalue weighted by Crippen LogP contribution is 2.22. The van der Waals surface area contributed by atoms with E-state index in [1.165, 1.54) is 11.8 Å². The minimum absolute atomic E-state index is 0. The monoisotopic (exact) mass is 268 g/mol. The Morgan fingerprint density at radius 1 is 1.53 bits per heavy atom. The van der Waals surface area contributed by atoms with Gasteiger partial charge in [-0.05, 0) is 19.1 Å². The number of benzene rings is 1. The maximum atomic E-state index is 5.42. The van der Waals surface area contributed by atoms with E-state index >= 15 is 0 Å². The minimum Gasteiger partial charge on any atom is -0.494 e. The van der Waals surface area contributed by atoms with Crippen LogP contribution in [0.25, 0.3) is 11.0 Å². The van der Waals surface area contributed by atoms with E-state index < -0.39 is 0 Å². The smallest absolute Gasteiger partial charge is 0.167 e. The summed E-state index contributed by atoms with van der Waals surface area (Å²) in [5.74, 6) is 4.05. The first-order chi connectivity index (χ1) is 7.83. The molecule has 0 spiro atoms. The number of hydrogen-bond donors (Lipinski definition) is 1. The maximum Gasteiger partial charge on any atom is 0.167 e. The molecule has 1 aromatic heterocycles. The van der Waals surface area contributed by atoms with Crippen molar-refractivity contribution in [3.05, 3.63) is 18.2 Å². The largest absolute Gasteiger partial charge is 0.494 e. The Morgan fingerprint density at radius 2 is 2.35 bits per heavy atom. The lowest BCUT2D eigenvalue weighted by Crippen LogP contribution is -1.90. The van der Waals surface area contributed by atoms with E-state index in [0.717, 1.165) is 21.9 Å². The van der Waals surface area contributed by atoms with Crippen LogP contribution in [0.5, 0.6) is 5.75 Å². The van der Waals surface area contributed by atoms with Crippen LogP contribution in [-0.2, 0) is 0 Å². The number of halogens is 1. The molecule has 0 saturated carbocycles. The van der Waals surface area contributed by atoms with Gasteiger partial charge in [-0.1, -0.05) is 17.7 Å². The van der Waals surface area contributed by atoms with Gasteiger partial charge in [-0.25, -0.2) is 4.98 Å². The van der Waals surface area contributed by atoms with Crippen LogP contribution in [0.4, 0.5) is 0 Å². The van der Waals surface area contributed by atoms with Crippen molar-refractivity contribution >= 4 is 35.2 Å². The summed E-state index contributed by atoms with van der Waals surface area (Å²) in [5, 5.41) is 0.849. The van der Waals surface area contributed by atoms with Gasteiger partial charge in [-0.2, -0.15) is 0 Å². The normalized spacial score (nSPS) is 9.65. The lowest BCUT2D eigenvalue weighted by molar-refractivity contribution is 0.340. The molecule has 17 heavy (non-hydrogen) atoms. The second kappa shape index (κ2) is 6.43. The Kier molecular flexibility index (Phi) is 5.20. The van der Waals surface area contributed by atoms with Crippen molar-refractivity contribution in [2.24, 2.45) is 0 Å². The van der Waals surface area contributed by atoms with Gasteiger partial charge < -0.3 is 9.72 Å². The number of ether oxygens (including phenoxy) is 1. The molecule has 0 unspecified atom stereocenters. The van der Waals surface area contributed by atoms with Gasteiger partial charge in [0.2, 0.25) is 0 Å². The van der Waals surface area contributed by atoms with Crippen LogP contribution in [0, 0.1) is 12.3 Å². The fourth-order valence-corrected chi connectivity index (χ4v) is 1.97. The molecule has 2 rings (SSSR count). The quantitative estimate of drug-likeness (QED) is 0.684. The molecule has 0 atom stereocenters. The van der Waals surface area contributed by atoms with E-state index in [-0.39, 0.29) is 12.4 Å². The van der Waals surface area contributed by atoms with Gasteiger partial charge >= 0.3 is 0 Å². The average molecular weight is 269 g/mol. The molecule has 1 aromatic carbocycles. The molecule has 0 amide bonds. The zero-order chi connectivity index (χ0) is 11.4. The lowest BCUT2D eigenvalue weighted by Gasteiger charge is -2.00. The third-order valence-corrected chi connectivity index (χ3v) is 2.81. The van der Waals surface area contributed by atoms with Crippen molar-refractivity contribution in [2.75, 3.05) is 12.4 Å². The molecule has 0 aliphatic carbocycles. The average Bonchev–Trinajstić information content (AvgIpc) is 2.68. The Hall–Kier alpha value is -1.31. The molecule has 0 aliphatic heterocycles. The zero-order valence-electron chi connectivity index (χ0n) is 9.40. The topological polar surface area (TPSA) is 37.9 Å². The van der Waals surface area contributed by atoms with Gasteiger partial charge in [0, 0.05) is 6.07 Å². The molecule has 90 valence electrons. The van der Waals surface area contributed by atoms with Gasteiger partial charge in [-0.15, -0.1) is 18.8 Å². The van der Waals surface area contributed by atoms with E-state index in [1.807, 2.05) is 25.1 Å². The lowest BCUT2D eigenvalue weighted by atomic mass is 10.3. The maximum absolute atomic E-state index is 5.42.